The van der Waals surface area contributed by atoms with E-state index in [1.54, 1.807) is 99.6 Å². The van der Waals surface area contributed by atoms with Crippen LogP contribution in [0.3, 0.4) is 0 Å². The van der Waals surface area contributed by atoms with Crippen LogP contribution in [0.5, 0.6) is 0 Å². The Labute approximate surface area is 341 Å². The molecular formula is C45H50N2O12. The van der Waals surface area contributed by atoms with Crippen LogP contribution in [0.2, 0.25) is 0 Å². The summed E-state index contributed by atoms with van der Waals surface area (Å²) in [5.41, 5.74) is -6.60. The van der Waals surface area contributed by atoms with Crippen LogP contribution in [-0.4, -0.2) is 104 Å². The molecule has 0 spiro atoms. The Bertz CT molecular complexity index is 2160. The first-order valence-electron chi connectivity index (χ1n) is 19.7. The van der Waals surface area contributed by atoms with E-state index < -0.39 is 107 Å². The number of amides is 2. The molecule has 312 valence electrons. The van der Waals surface area contributed by atoms with Gasteiger partial charge in [-0.25, -0.2) is 4.79 Å². The molecule has 1 saturated heterocycles. The predicted octanol–water partition coefficient (Wildman–Crippen LogP) is 2.74. The van der Waals surface area contributed by atoms with Crippen LogP contribution in [-0.2, 0) is 28.6 Å². The Balaban J connectivity index is 1.36. The third-order valence-corrected chi connectivity index (χ3v) is 13.3. The van der Waals surface area contributed by atoms with Gasteiger partial charge in [-0.15, -0.1) is 0 Å². The van der Waals surface area contributed by atoms with E-state index in [1.165, 1.54) is 19.1 Å². The molecule has 0 unspecified atom stereocenters. The first-order chi connectivity index (χ1) is 27.9. The standard InChI is InChI=1S/C45H50N2O12/c1-24-29(46-40(53)34(50)33(26-15-9-6-10-16-26)47-39(52)27-17-11-7-12-18-27)22-45(56)38(59-41(54)28-19-13-8-14-20-28)36-43(5,30(49)21-31-44(36,55)23-57-31)37(51)35(58-25(2)48)32(24)42(45,3)4/h6-20,29-31,33-36,38,49-50,55-56H,21-23H2,1-5H3,(H,46,53)(H,47,52)/t29-,30-,31+,33-,34+,35+,36-,38-,43+,44-,45+/m0/s1. The second kappa shape index (κ2) is 15.4. The van der Waals surface area contributed by atoms with Crippen molar-refractivity contribution in [3.63, 3.8) is 0 Å². The largest absolute Gasteiger partial charge is 0.455 e. The summed E-state index contributed by atoms with van der Waals surface area (Å²) < 4.78 is 17.8. The van der Waals surface area contributed by atoms with E-state index in [4.69, 9.17) is 14.2 Å². The fourth-order valence-corrected chi connectivity index (χ4v) is 9.92. The zero-order chi connectivity index (χ0) is 42.7. The van der Waals surface area contributed by atoms with Crippen LogP contribution in [0, 0.1) is 16.7 Å². The highest BCUT2D eigenvalue weighted by atomic mass is 16.6. The predicted molar refractivity (Wildman–Crippen MR) is 210 cm³/mol. The van der Waals surface area contributed by atoms with Gasteiger partial charge in [0.2, 0.25) is 0 Å². The van der Waals surface area contributed by atoms with E-state index in [-0.39, 0.29) is 29.7 Å². The fraction of sp³-hybridized carbons (Fsp3) is 0.444. The minimum absolute atomic E-state index is 0.0786. The topological polar surface area (TPSA) is 218 Å². The Morgan fingerprint density at radius 1 is 0.864 bits per heavy atom. The molecule has 4 aliphatic rings. The number of hydrogen-bond donors (Lipinski definition) is 6. The van der Waals surface area contributed by atoms with Gasteiger partial charge in [-0.2, -0.15) is 0 Å². The highest BCUT2D eigenvalue weighted by Crippen LogP contribution is 2.63. The Morgan fingerprint density at radius 2 is 1.44 bits per heavy atom. The van der Waals surface area contributed by atoms with Gasteiger partial charge in [0.25, 0.3) is 11.8 Å². The van der Waals surface area contributed by atoms with E-state index in [0.29, 0.717) is 11.1 Å². The second-order valence-corrected chi connectivity index (χ2v) is 16.9. The molecule has 1 heterocycles. The van der Waals surface area contributed by atoms with Gasteiger partial charge in [0.1, 0.15) is 17.3 Å². The number of aliphatic hydroxyl groups is 4. The molecule has 2 bridgehead atoms. The number of Topliss-reactive ketones (excluding diaryl/α,β-unsaturated/α-hetero) is 1. The Morgan fingerprint density at radius 3 is 2.00 bits per heavy atom. The van der Waals surface area contributed by atoms with E-state index in [0.717, 1.165) is 6.92 Å². The van der Waals surface area contributed by atoms with Crippen molar-refractivity contribution < 1.29 is 58.6 Å². The van der Waals surface area contributed by atoms with Crippen LogP contribution in [0.1, 0.15) is 79.8 Å². The summed E-state index contributed by atoms with van der Waals surface area (Å²) in [6.07, 6.45) is -8.50. The van der Waals surface area contributed by atoms with Gasteiger partial charge in [-0.1, -0.05) is 80.6 Å². The van der Waals surface area contributed by atoms with Crippen molar-refractivity contribution in [2.75, 3.05) is 6.61 Å². The summed E-state index contributed by atoms with van der Waals surface area (Å²) in [4.78, 5) is 69.9. The maximum atomic E-state index is 15.2. The molecule has 14 nitrogen and oxygen atoms in total. The molecule has 14 heteroatoms. The number of esters is 2. The molecule has 6 N–H and O–H groups in total. The van der Waals surface area contributed by atoms with Gasteiger partial charge >= 0.3 is 11.9 Å². The maximum absolute atomic E-state index is 15.2. The van der Waals surface area contributed by atoms with Crippen LogP contribution >= 0.6 is 0 Å². The van der Waals surface area contributed by atoms with Gasteiger partial charge in [0, 0.05) is 36.7 Å². The summed E-state index contributed by atoms with van der Waals surface area (Å²) in [5, 5.41) is 55.2. The minimum Gasteiger partial charge on any atom is -0.455 e. The number of fused-ring (bicyclic) bond motifs is 5. The number of ether oxygens (including phenoxy) is 3. The number of carbonyl (C=O) groups excluding carboxylic acids is 5. The number of hydrogen-bond acceptors (Lipinski definition) is 12. The van der Waals surface area contributed by atoms with Crippen LogP contribution in [0.15, 0.2) is 102 Å². The number of carbonyl (C=O) groups is 5. The van der Waals surface area contributed by atoms with E-state index in [2.05, 4.69) is 10.6 Å². The first kappa shape index (κ1) is 41.9. The third kappa shape index (κ3) is 6.86. The lowest BCUT2D eigenvalue weighted by atomic mass is 9.44. The number of benzene rings is 3. The van der Waals surface area contributed by atoms with Crippen LogP contribution in [0.4, 0.5) is 0 Å². The summed E-state index contributed by atoms with van der Waals surface area (Å²) in [7, 11) is 0. The van der Waals surface area contributed by atoms with E-state index in [1.807, 2.05) is 0 Å². The highest BCUT2D eigenvalue weighted by Gasteiger charge is 2.76. The molecule has 2 amide bonds. The van der Waals surface area contributed by atoms with Crippen molar-refractivity contribution >= 4 is 29.5 Å². The molecule has 7 rings (SSSR count). The fourth-order valence-electron chi connectivity index (χ4n) is 9.92. The lowest BCUT2D eigenvalue weighted by Crippen LogP contribution is -2.81. The van der Waals surface area contributed by atoms with Crippen molar-refractivity contribution in [1.29, 1.82) is 0 Å². The maximum Gasteiger partial charge on any atom is 0.338 e. The highest BCUT2D eigenvalue weighted by molar-refractivity contribution is 5.96. The van der Waals surface area contributed by atoms with Gasteiger partial charge in [-0.05, 0) is 54.8 Å². The SMILES string of the molecule is CC(=O)O[C@H]1C(=O)[C@@]2(C)[C@H]([C@H](OC(=O)c3ccccc3)[C@]3(O)C[C@H](NC(=O)[C@H](O)[C@@H](NC(=O)c4ccccc4)c4ccccc4)C(C)=C1C3(C)C)[C@]1(O)CO[C@@H]1C[C@@H]2O. The van der Waals surface area contributed by atoms with Gasteiger partial charge in [-0.3, -0.25) is 19.2 Å². The van der Waals surface area contributed by atoms with Gasteiger partial charge in [0.05, 0.1) is 41.9 Å². The molecule has 11 atom stereocenters. The number of rotatable bonds is 9. The van der Waals surface area contributed by atoms with E-state index >= 15 is 4.79 Å². The molecule has 3 aromatic rings. The Hall–Kier alpha value is -5.25. The molecule has 2 saturated carbocycles. The molecule has 3 aromatic carbocycles. The smallest absolute Gasteiger partial charge is 0.338 e. The van der Waals surface area contributed by atoms with Gasteiger partial charge in [0.15, 0.2) is 18.0 Å². The van der Waals surface area contributed by atoms with Crippen molar-refractivity contribution in [3.8, 4) is 0 Å². The molecule has 0 aromatic heterocycles. The zero-order valence-electron chi connectivity index (χ0n) is 33.5. The quantitative estimate of drug-likeness (QED) is 0.136. The van der Waals surface area contributed by atoms with Crippen molar-refractivity contribution in [1.82, 2.24) is 10.6 Å². The minimum atomic E-state index is -2.28. The lowest BCUT2D eigenvalue weighted by molar-refractivity contribution is -0.343. The molecule has 3 aliphatic carbocycles. The van der Waals surface area contributed by atoms with Crippen LogP contribution in [0.25, 0.3) is 0 Å². The molecule has 3 fully saturated rings. The summed E-state index contributed by atoms with van der Waals surface area (Å²) >= 11 is 0. The summed E-state index contributed by atoms with van der Waals surface area (Å²) in [6.45, 7) is 6.98. The number of aliphatic hydroxyl groups excluding tert-OH is 2. The number of ketones is 1. The van der Waals surface area contributed by atoms with Crippen molar-refractivity contribution in [2.45, 2.75) is 101 Å². The van der Waals surface area contributed by atoms with Gasteiger partial charge < -0.3 is 45.3 Å². The average Bonchev–Trinajstić information content (AvgIpc) is 3.21. The van der Waals surface area contributed by atoms with E-state index in [9.17, 15) is 39.6 Å². The normalized spacial score (nSPS) is 33.0. The monoisotopic (exact) mass is 810 g/mol. The van der Waals surface area contributed by atoms with Crippen LogP contribution < -0.4 is 10.6 Å². The summed E-state index contributed by atoms with van der Waals surface area (Å²) in [5.74, 6) is -5.61. The molecular weight excluding hydrogens is 760 g/mol. The first-order valence-corrected chi connectivity index (χ1v) is 19.7. The summed E-state index contributed by atoms with van der Waals surface area (Å²) in [6, 6.07) is 22.1. The zero-order valence-corrected chi connectivity index (χ0v) is 33.5. The molecule has 0 radical (unpaired) electrons. The lowest BCUT2D eigenvalue weighted by Gasteiger charge is -2.67. The second-order valence-electron chi connectivity index (χ2n) is 16.9. The van der Waals surface area contributed by atoms with Crippen molar-refractivity contribution in [3.05, 3.63) is 119 Å². The third-order valence-electron chi connectivity index (χ3n) is 13.3. The average molecular weight is 811 g/mol. The van der Waals surface area contributed by atoms with Crippen molar-refractivity contribution in [2.24, 2.45) is 16.7 Å². The molecule has 1 aliphatic heterocycles. The Kier molecular flexibility index (Phi) is 10.9. The molecule has 59 heavy (non-hydrogen) atoms. The number of nitrogens with one attached hydrogen (secondary N) is 2.